The summed E-state index contributed by atoms with van der Waals surface area (Å²) in [6.07, 6.45) is 0. The molecule has 0 fully saturated rings. The number of hydrogen-bond donors (Lipinski definition) is 3. The number of carbonyl (C=O) groups is 2. The molecule has 6 nitrogen and oxygen atoms in total. The maximum absolute atomic E-state index is 12.6. The Morgan fingerprint density at radius 2 is 1.66 bits per heavy atom. The van der Waals surface area contributed by atoms with E-state index in [9.17, 15) is 9.59 Å². The van der Waals surface area contributed by atoms with Crippen LogP contribution in [0.3, 0.4) is 0 Å². The second-order valence-electron chi connectivity index (χ2n) is 7.02. The first kappa shape index (κ1) is 22.0. The number of thiocarbonyl (C=S) groups is 1. The first-order chi connectivity index (χ1) is 15.4. The van der Waals surface area contributed by atoms with E-state index in [1.54, 1.807) is 30.3 Å². The summed E-state index contributed by atoms with van der Waals surface area (Å²) in [7, 11) is 0. The minimum absolute atomic E-state index is 0.188. The highest BCUT2D eigenvalue weighted by atomic mass is 127. The Balaban J connectivity index is 1.40. The monoisotopic (exact) mass is 555 g/mol. The van der Waals surface area contributed by atoms with Gasteiger partial charge in [0.2, 0.25) is 0 Å². The summed E-state index contributed by atoms with van der Waals surface area (Å²) < 4.78 is 6.46. The quantitative estimate of drug-likeness (QED) is 0.222. The number of anilines is 2. The van der Waals surface area contributed by atoms with Gasteiger partial charge < -0.3 is 15.1 Å². The van der Waals surface area contributed by atoms with Crippen LogP contribution in [0.15, 0.2) is 77.2 Å². The number of benzene rings is 3. The molecule has 0 bridgehead atoms. The largest absolute Gasteiger partial charge is 0.451 e. The first-order valence-corrected chi connectivity index (χ1v) is 11.2. The number of furan rings is 1. The van der Waals surface area contributed by atoms with Crippen molar-refractivity contribution in [3.05, 3.63) is 93.3 Å². The second kappa shape index (κ2) is 9.49. The molecule has 1 heterocycles. The predicted octanol–water partition coefficient (Wildman–Crippen LogP) is 5.72. The molecule has 3 aromatic carbocycles. The summed E-state index contributed by atoms with van der Waals surface area (Å²) in [5, 5.41) is 9.60. The van der Waals surface area contributed by atoms with Gasteiger partial charge in [-0.3, -0.25) is 14.9 Å². The molecule has 4 rings (SSSR count). The molecular weight excluding hydrogens is 537 g/mol. The fourth-order valence-corrected chi connectivity index (χ4v) is 3.98. The highest BCUT2D eigenvalue weighted by Crippen LogP contribution is 2.23. The van der Waals surface area contributed by atoms with E-state index < -0.39 is 0 Å². The lowest BCUT2D eigenvalue weighted by molar-refractivity contribution is 0.0974. The SMILES string of the molecule is Cc1cc(NC(=S)NC(=O)c2ccccc2I)ccc1NC(=O)c1cc2ccccc2o1. The molecule has 0 atom stereocenters. The number of carbonyl (C=O) groups excluding carboxylic acids is 2. The number of amides is 2. The highest BCUT2D eigenvalue weighted by molar-refractivity contribution is 14.1. The third-order valence-corrected chi connectivity index (χ3v) is 5.87. The molecule has 160 valence electrons. The van der Waals surface area contributed by atoms with Crippen LogP contribution in [-0.2, 0) is 0 Å². The fourth-order valence-electron chi connectivity index (χ4n) is 3.14. The zero-order valence-electron chi connectivity index (χ0n) is 16.9. The van der Waals surface area contributed by atoms with Crippen molar-refractivity contribution >= 4 is 74.1 Å². The molecule has 1 aromatic heterocycles. The van der Waals surface area contributed by atoms with Gasteiger partial charge in [-0.05, 0) is 89.8 Å². The Kier molecular flexibility index (Phi) is 6.52. The van der Waals surface area contributed by atoms with Crippen molar-refractivity contribution in [3.63, 3.8) is 0 Å². The second-order valence-corrected chi connectivity index (χ2v) is 8.59. The topological polar surface area (TPSA) is 83.4 Å². The zero-order chi connectivity index (χ0) is 22.7. The molecule has 8 heteroatoms. The number of hydrogen-bond acceptors (Lipinski definition) is 4. The minimum atomic E-state index is -0.328. The highest BCUT2D eigenvalue weighted by Gasteiger charge is 2.14. The van der Waals surface area contributed by atoms with Gasteiger partial charge in [-0.15, -0.1) is 0 Å². The van der Waals surface area contributed by atoms with E-state index in [1.807, 2.05) is 49.4 Å². The Hall–Kier alpha value is -3.24. The number of nitrogens with one attached hydrogen (secondary N) is 3. The summed E-state index contributed by atoms with van der Waals surface area (Å²) in [5.41, 5.74) is 3.38. The summed E-state index contributed by atoms with van der Waals surface area (Å²) in [6.45, 7) is 1.87. The van der Waals surface area contributed by atoms with Crippen LogP contribution in [0.2, 0.25) is 0 Å². The van der Waals surface area contributed by atoms with Crippen LogP contribution in [0.25, 0.3) is 11.0 Å². The summed E-state index contributed by atoms with van der Waals surface area (Å²) in [5.74, 6) is -0.364. The van der Waals surface area contributed by atoms with Gasteiger partial charge in [-0.25, -0.2) is 0 Å². The Morgan fingerprint density at radius 1 is 0.906 bits per heavy atom. The van der Waals surface area contributed by atoms with Gasteiger partial charge in [0.25, 0.3) is 11.8 Å². The van der Waals surface area contributed by atoms with E-state index in [0.29, 0.717) is 22.5 Å². The van der Waals surface area contributed by atoms with Crippen molar-refractivity contribution in [1.82, 2.24) is 5.32 Å². The number of para-hydroxylation sites is 1. The summed E-state index contributed by atoms with van der Waals surface area (Å²) in [6, 6.07) is 21.8. The third-order valence-electron chi connectivity index (χ3n) is 4.73. The average molecular weight is 555 g/mol. The van der Waals surface area contributed by atoms with Gasteiger partial charge in [-0.1, -0.05) is 30.3 Å². The van der Waals surface area contributed by atoms with E-state index >= 15 is 0 Å². The molecule has 0 aliphatic heterocycles. The smallest absolute Gasteiger partial charge is 0.291 e. The van der Waals surface area contributed by atoms with Crippen molar-refractivity contribution in [2.45, 2.75) is 6.92 Å². The molecular formula is C24H18IN3O3S. The predicted molar refractivity (Wildman–Crippen MR) is 138 cm³/mol. The van der Waals surface area contributed by atoms with Gasteiger partial charge >= 0.3 is 0 Å². The summed E-state index contributed by atoms with van der Waals surface area (Å²) in [4.78, 5) is 25.0. The molecule has 2 amide bonds. The van der Waals surface area contributed by atoms with Crippen LogP contribution >= 0.6 is 34.8 Å². The minimum Gasteiger partial charge on any atom is -0.451 e. The molecule has 0 spiro atoms. The molecule has 0 aliphatic carbocycles. The van der Waals surface area contributed by atoms with Crippen LogP contribution in [-0.4, -0.2) is 16.9 Å². The third kappa shape index (κ3) is 4.97. The van der Waals surface area contributed by atoms with Gasteiger partial charge in [0.05, 0.1) is 5.56 Å². The maximum Gasteiger partial charge on any atom is 0.291 e. The average Bonchev–Trinajstić information content (AvgIpc) is 3.20. The molecule has 0 aliphatic rings. The molecule has 0 radical (unpaired) electrons. The van der Waals surface area contributed by atoms with Gasteiger partial charge in [0.1, 0.15) is 5.58 Å². The van der Waals surface area contributed by atoms with E-state index in [-0.39, 0.29) is 22.7 Å². The van der Waals surface area contributed by atoms with Crippen LogP contribution < -0.4 is 16.0 Å². The molecule has 32 heavy (non-hydrogen) atoms. The number of fused-ring (bicyclic) bond motifs is 1. The number of rotatable bonds is 4. The standard InChI is InChI=1S/C24H18IN3O3S/c1-14-12-16(26-24(32)28-22(29)17-7-3-4-8-18(17)25)10-11-19(14)27-23(30)21-13-15-6-2-5-9-20(15)31-21/h2-13H,1H3,(H,27,30)(H2,26,28,29,32). The van der Waals surface area contributed by atoms with Crippen LogP contribution in [0.4, 0.5) is 11.4 Å². The zero-order valence-corrected chi connectivity index (χ0v) is 19.9. The molecule has 4 aromatic rings. The molecule has 0 saturated heterocycles. The lowest BCUT2D eigenvalue weighted by Crippen LogP contribution is -2.34. The van der Waals surface area contributed by atoms with Crippen molar-refractivity contribution < 1.29 is 14.0 Å². The number of halogens is 1. The van der Waals surface area contributed by atoms with Crippen molar-refractivity contribution in [2.24, 2.45) is 0 Å². The fraction of sp³-hybridized carbons (Fsp3) is 0.0417. The van der Waals surface area contributed by atoms with Crippen molar-refractivity contribution in [3.8, 4) is 0 Å². The molecule has 0 unspecified atom stereocenters. The van der Waals surface area contributed by atoms with Gasteiger partial charge in [0.15, 0.2) is 10.9 Å². The van der Waals surface area contributed by atoms with E-state index in [1.165, 1.54) is 0 Å². The van der Waals surface area contributed by atoms with Crippen LogP contribution in [0, 0.1) is 10.5 Å². The maximum atomic E-state index is 12.6. The Labute approximate surface area is 203 Å². The van der Waals surface area contributed by atoms with E-state index in [2.05, 4.69) is 38.5 Å². The lowest BCUT2D eigenvalue weighted by atomic mass is 10.1. The van der Waals surface area contributed by atoms with Gasteiger partial charge in [-0.2, -0.15) is 0 Å². The van der Waals surface area contributed by atoms with E-state index in [0.717, 1.165) is 14.5 Å². The van der Waals surface area contributed by atoms with Crippen LogP contribution in [0.1, 0.15) is 26.5 Å². The Bertz CT molecular complexity index is 1320. The van der Waals surface area contributed by atoms with Crippen molar-refractivity contribution in [1.29, 1.82) is 0 Å². The van der Waals surface area contributed by atoms with E-state index in [4.69, 9.17) is 16.6 Å². The Morgan fingerprint density at radius 3 is 2.41 bits per heavy atom. The summed E-state index contributed by atoms with van der Waals surface area (Å²) >= 11 is 7.37. The number of aryl methyl sites for hydroxylation is 1. The first-order valence-electron chi connectivity index (χ1n) is 9.68. The van der Waals surface area contributed by atoms with Crippen LogP contribution in [0.5, 0.6) is 0 Å². The lowest BCUT2D eigenvalue weighted by Gasteiger charge is -2.13. The molecule has 3 N–H and O–H groups in total. The van der Waals surface area contributed by atoms with Gasteiger partial charge in [0, 0.05) is 20.3 Å². The molecule has 0 saturated carbocycles. The van der Waals surface area contributed by atoms with Crippen molar-refractivity contribution in [2.75, 3.05) is 10.6 Å². The normalized spacial score (nSPS) is 10.6.